The van der Waals surface area contributed by atoms with Gasteiger partial charge in [-0.1, -0.05) is 5.92 Å². The molecule has 0 aromatic rings. The quantitative estimate of drug-likeness (QED) is 0.174. The molecule has 0 aliphatic carbocycles. The Bertz CT molecular complexity index is 879. The second-order valence-corrected chi connectivity index (χ2v) is 9.93. The molecular weight excluding hydrogens is 441 g/mol. The van der Waals surface area contributed by atoms with Crippen molar-refractivity contribution in [1.29, 1.82) is 0 Å². The summed E-state index contributed by atoms with van der Waals surface area (Å²) in [5, 5.41) is 0. The summed E-state index contributed by atoms with van der Waals surface area (Å²) < 4.78 is 40.4. The molecule has 3 rings (SSSR count). The van der Waals surface area contributed by atoms with Crippen molar-refractivity contribution in [2.75, 3.05) is 13.2 Å². The van der Waals surface area contributed by atoms with Crippen molar-refractivity contribution in [3.8, 4) is 12.3 Å². The molecule has 3 aliphatic heterocycles. The van der Waals surface area contributed by atoms with Gasteiger partial charge in [0.2, 0.25) is 5.91 Å². The molecule has 0 aromatic carbocycles. The van der Waals surface area contributed by atoms with Crippen molar-refractivity contribution in [2.45, 2.75) is 71.0 Å². The van der Waals surface area contributed by atoms with E-state index in [9.17, 15) is 18.9 Å². The Morgan fingerprint density at radius 1 is 1.41 bits per heavy atom. The summed E-state index contributed by atoms with van der Waals surface area (Å²) in [5.41, 5.74) is -1.16. The standard InChI is InChI=1S/C21H28NO9P/c1-5-21(4)19-16(30-20(21)22-10-9-15(23)12-17(22)24)13-28-32(26,31-19)27-11-7-6-8-18(25)29-14(2)3/h1,9-10,14,16,19-20H,6-8,11-13H2,2-4H3/t16-,19-,20-,21-,32+/m1/s1. The number of phosphoric ester groups is 1. The van der Waals surface area contributed by atoms with Gasteiger partial charge >= 0.3 is 13.8 Å². The minimum Gasteiger partial charge on any atom is -0.463 e. The van der Waals surface area contributed by atoms with Crippen LogP contribution in [0.4, 0.5) is 0 Å². The molecule has 0 bridgehead atoms. The van der Waals surface area contributed by atoms with Gasteiger partial charge < -0.3 is 9.47 Å². The van der Waals surface area contributed by atoms with Gasteiger partial charge in [-0.15, -0.1) is 6.42 Å². The van der Waals surface area contributed by atoms with Crippen LogP contribution >= 0.6 is 7.82 Å². The summed E-state index contributed by atoms with van der Waals surface area (Å²) in [5.74, 6) is 1.56. The molecular formula is C21H28NO9P. The molecule has 0 aromatic heterocycles. The van der Waals surface area contributed by atoms with Crippen molar-refractivity contribution < 1.29 is 42.0 Å². The zero-order chi connectivity index (χ0) is 23.5. The number of phosphoric acid groups is 1. The van der Waals surface area contributed by atoms with Gasteiger partial charge in [-0.2, -0.15) is 0 Å². The maximum absolute atomic E-state index is 13.0. The number of hydrogen-bond donors (Lipinski definition) is 0. The highest BCUT2D eigenvalue weighted by Crippen LogP contribution is 2.59. The first-order chi connectivity index (χ1) is 15.1. The molecule has 1 amide bonds. The Labute approximate surface area is 187 Å². The van der Waals surface area contributed by atoms with Crippen molar-refractivity contribution in [1.82, 2.24) is 4.90 Å². The second-order valence-electron chi connectivity index (χ2n) is 8.31. The Morgan fingerprint density at radius 3 is 2.81 bits per heavy atom. The van der Waals surface area contributed by atoms with E-state index in [1.165, 1.54) is 17.2 Å². The highest BCUT2D eigenvalue weighted by molar-refractivity contribution is 7.48. The number of esters is 1. The predicted octanol–water partition coefficient (Wildman–Crippen LogP) is 2.33. The number of ether oxygens (including phenoxy) is 2. The van der Waals surface area contributed by atoms with Gasteiger partial charge in [0.25, 0.3) is 0 Å². The topological polar surface area (TPSA) is 118 Å². The third kappa shape index (κ3) is 5.30. The van der Waals surface area contributed by atoms with Crippen LogP contribution in [0.1, 0.15) is 46.5 Å². The Morgan fingerprint density at radius 2 is 2.16 bits per heavy atom. The molecule has 11 heteroatoms. The van der Waals surface area contributed by atoms with Crippen LogP contribution in [0.5, 0.6) is 0 Å². The van der Waals surface area contributed by atoms with E-state index in [0.717, 1.165) is 0 Å². The molecule has 0 spiro atoms. The Hall–Kier alpha value is -2.02. The lowest BCUT2D eigenvalue weighted by molar-refractivity contribution is -0.148. The first kappa shape index (κ1) is 24.6. The van der Waals surface area contributed by atoms with Gasteiger partial charge in [-0.05, 0) is 39.7 Å². The zero-order valence-corrected chi connectivity index (χ0v) is 19.2. The van der Waals surface area contributed by atoms with E-state index in [1.54, 1.807) is 20.8 Å². The van der Waals surface area contributed by atoms with E-state index >= 15 is 0 Å². The molecule has 32 heavy (non-hydrogen) atoms. The number of carbonyl (C=O) groups excluding carboxylic acids is 3. The van der Waals surface area contributed by atoms with Gasteiger partial charge in [-0.25, -0.2) is 4.57 Å². The van der Waals surface area contributed by atoms with E-state index in [4.69, 9.17) is 29.5 Å². The van der Waals surface area contributed by atoms with E-state index in [2.05, 4.69) is 5.92 Å². The molecule has 0 N–H and O–H groups in total. The summed E-state index contributed by atoms with van der Waals surface area (Å²) in [6.45, 7) is 5.17. The molecule has 0 saturated carbocycles. The van der Waals surface area contributed by atoms with Gasteiger partial charge in [0, 0.05) is 12.6 Å². The van der Waals surface area contributed by atoms with Gasteiger partial charge in [0.05, 0.1) is 25.7 Å². The minimum atomic E-state index is -3.92. The maximum atomic E-state index is 13.0. The van der Waals surface area contributed by atoms with Gasteiger partial charge in [0.1, 0.15) is 17.6 Å². The van der Waals surface area contributed by atoms with Crippen molar-refractivity contribution >= 4 is 25.5 Å². The molecule has 3 heterocycles. The predicted molar refractivity (Wildman–Crippen MR) is 111 cm³/mol. The average Bonchev–Trinajstić information content (AvgIpc) is 2.99. The van der Waals surface area contributed by atoms with Crippen LogP contribution in [0.25, 0.3) is 0 Å². The number of ketones is 1. The number of carbonyl (C=O) groups is 3. The highest BCUT2D eigenvalue weighted by Gasteiger charge is 2.61. The summed E-state index contributed by atoms with van der Waals surface area (Å²) in [6.07, 6.45) is 6.68. The number of hydrogen-bond acceptors (Lipinski definition) is 9. The minimum absolute atomic E-state index is 0.0517. The second kappa shape index (κ2) is 9.86. The fourth-order valence-corrected chi connectivity index (χ4v) is 5.25. The van der Waals surface area contributed by atoms with Crippen molar-refractivity contribution in [3.63, 3.8) is 0 Å². The van der Waals surface area contributed by atoms with Crippen LogP contribution < -0.4 is 0 Å². The van der Waals surface area contributed by atoms with Crippen LogP contribution in [-0.4, -0.2) is 60.3 Å². The zero-order valence-electron chi connectivity index (χ0n) is 18.4. The van der Waals surface area contributed by atoms with Gasteiger partial charge in [0.15, 0.2) is 12.0 Å². The fourth-order valence-electron chi connectivity index (χ4n) is 3.74. The number of rotatable bonds is 8. The number of allylic oxidation sites excluding steroid dienone is 1. The summed E-state index contributed by atoms with van der Waals surface area (Å²) >= 11 is 0. The summed E-state index contributed by atoms with van der Waals surface area (Å²) in [7, 11) is -3.92. The third-order valence-electron chi connectivity index (χ3n) is 5.37. The Kier molecular flexibility index (Phi) is 7.58. The normalized spacial score (nSPS) is 34.5. The highest BCUT2D eigenvalue weighted by atomic mass is 31.2. The number of amides is 1. The van der Waals surface area contributed by atoms with Crippen molar-refractivity contribution in [3.05, 3.63) is 12.3 Å². The largest absolute Gasteiger partial charge is 0.475 e. The lowest BCUT2D eigenvalue weighted by Gasteiger charge is -2.37. The molecule has 5 atom stereocenters. The number of unbranched alkanes of at least 4 members (excludes halogenated alkanes) is 1. The number of nitrogens with zero attached hydrogens (tertiary/aromatic N) is 1. The maximum Gasteiger partial charge on any atom is 0.475 e. The lowest BCUT2D eigenvalue weighted by Crippen LogP contribution is -2.49. The first-order valence-electron chi connectivity index (χ1n) is 10.5. The summed E-state index contributed by atoms with van der Waals surface area (Å²) in [4.78, 5) is 36.7. The molecule has 2 saturated heterocycles. The average molecular weight is 469 g/mol. The lowest BCUT2D eigenvalue weighted by atomic mass is 9.82. The fraction of sp³-hybridized carbons (Fsp3) is 0.667. The number of terminal acetylenes is 1. The van der Waals surface area contributed by atoms with E-state index < -0.39 is 37.6 Å². The smallest absolute Gasteiger partial charge is 0.463 e. The van der Waals surface area contributed by atoms with Gasteiger partial charge in [-0.3, -0.25) is 32.9 Å². The van der Waals surface area contributed by atoms with E-state index in [1.807, 2.05) is 0 Å². The van der Waals surface area contributed by atoms with Crippen LogP contribution in [0, 0.1) is 17.8 Å². The number of fused-ring (bicyclic) bond motifs is 1. The third-order valence-corrected chi connectivity index (χ3v) is 6.82. The van der Waals surface area contributed by atoms with Crippen LogP contribution in [0.15, 0.2) is 12.3 Å². The van der Waals surface area contributed by atoms with Crippen LogP contribution in [0.3, 0.4) is 0 Å². The molecule has 0 radical (unpaired) electrons. The molecule has 10 nitrogen and oxygen atoms in total. The molecule has 3 aliphatic rings. The molecule has 2 fully saturated rings. The SMILES string of the molecule is C#C[C@]1(C)[C@@H]2O[P@@](=O)(OCCCCC(=O)OC(C)C)OC[C@H]2O[C@H]1N1C=CC(=O)CC1=O. The first-order valence-corrected chi connectivity index (χ1v) is 12.0. The Balaban J connectivity index is 1.59. The van der Waals surface area contributed by atoms with E-state index in [0.29, 0.717) is 12.8 Å². The van der Waals surface area contributed by atoms with Crippen LogP contribution in [-0.2, 0) is 42.0 Å². The van der Waals surface area contributed by atoms with Crippen molar-refractivity contribution in [2.24, 2.45) is 5.41 Å². The molecule has 176 valence electrons. The molecule has 0 unspecified atom stereocenters. The van der Waals surface area contributed by atoms with Crippen LogP contribution in [0.2, 0.25) is 0 Å². The summed E-state index contributed by atoms with van der Waals surface area (Å²) in [6, 6.07) is 0. The van der Waals surface area contributed by atoms with E-state index in [-0.39, 0.29) is 43.9 Å². The monoisotopic (exact) mass is 469 g/mol.